The van der Waals surface area contributed by atoms with Crippen LogP contribution in [0.25, 0.3) is 0 Å². The average molecular weight is 413 g/mol. The highest BCUT2D eigenvalue weighted by Crippen LogP contribution is 2.32. The number of urea groups is 1. The lowest BCUT2D eigenvalue weighted by molar-refractivity contribution is -0.137. The maximum Gasteiger partial charge on any atom is 0.416 e. The number of benzene rings is 1. The molecule has 1 aromatic carbocycles. The van der Waals surface area contributed by atoms with E-state index in [1.165, 1.54) is 23.5 Å². The third-order valence-corrected chi connectivity index (χ3v) is 5.60. The van der Waals surface area contributed by atoms with Crippen LogP contribution < -0.4 is 0 Å². The zero-order chi connectivity index (χ0) is 20.3. The van der Waals surface area contributed by atoms with Gasteiger partial charge in [-0.3, -0.25) is 4.79 Å². The fraction of sp³-hybridized carbons (Fsp3) is 0.389. The molecule has 1 saturated heterocycles. The number of aromatic nitrogens is 1. The number of nitrogens with zero attached hydrogens (tertiary/aromatic N) is 3. The lowest BCUT2D eigenvalue weighted by Gasteiger charge is -2.26. The van der Waals surface area contributed by atoms with Gasteiger partial charge < -0.3 is 14.5 Å². The van der Waals surface area contributed by atoms with Gasteiger partial charge in [-0.1, -0.05) is 12.1 Å². The van der Waals surface area contributed by atoms with Crippen LogP contribution in [-0.2, 0) is 22.3 Å². The lowest BCUT2D eigenvalue weighted by atomic mass is 10.1. The lowest BCUT2D eigenvalue weighted by Crippen LogP contribution is -2.36. The topological polar surface area (TPSA) is 62.7 Å². The third kappa shape index (κ3) is 4.27. The molecule has 0 saturated carbocycles. The summed E-state index contributed by atoms with van der Waals surface area (Å²) in [7, 11) is 0. The monoisotopic (exact) mass is 413 g/mol. The Morgan fingerprint density at radius 1 is 1.29 bits per heavy atom. The standard InChI is InChI=1S/C18H18F3N3O3S/c1-12-16(28-10-22-12)15(9-27-11-25)24-7-6-23(17(24)26)8-13-2-4-14(5-3-13)18(19,20)21/h2-5,10-11,15H,6-9H2,1H3. The summed E-state index contributed by atoms with van der Waals surface area (Å²) in [4.78, 5) is 31.7. The van der Waals surface area contributed by atoms with Crippen molar-refractivity contribution in [2.45, 2.75) is 25.7 Å². The Kier molecular flexibility index (Phi) is 5.87. The second kappa shape index (κ2) is 8.17. The van der Waals surface area contributed by atoms with Crippen LogP contribution in [-0.4, -0.2) is 47.0 Å². The predicted molar refractivity (Wildman–Crippen MR) is 95.6 cm³/mol. The number of ether oxygens (including phenoxy) is 1. The molecule has 0 N–H and O–H groups in total. The molecule has 1 aliphatic rings. The van der Waals surface area contributed by atoms with Crippen molar-refractivity contribution in [2.24, 2.45) is 0 Å². The Morgan fingerprint density at radius 2 is 2.00 bits per heavy atom. The fourth-order valence-electron chi connectivity index (χ4n) is 3.13. The van der Waals surface area contributed by atoms with E-state index in [0.717, 1.165) is 22.7 Å². The molecule has 6 nitrogen and oxygen atoms in total. The highest BCUT2D eigenvalue weighted by atomic mass is 32.1. The number of amides is 2. The van der Waals surface area contributed by atoms with E-state index >= 15 is 0 Å². The quantitative estimate of drug-likeness (QED) is 0.651. The van der Waals surface area contributed by atoms with E-state index in [-0.39, 0.29) is 19.2 Å². The van der Waals surface area contributed by atoms with Crippen LogP contribution >= 0.6 is 11.3 Å². The second-order valence-electron chi connectivity index (χ2n) is 6.34. The minimum absolute atomic E-state index is 0.0202. The van der Waals surface area contributed by atoms with Crippen LogP contribution in [0.1, 0.15) is 27.7 Å². The number of carbonyl (C=O) groups excluding carboxylic acids is 2. The van der Waals surface area contributed by atoms with Crippen LogP contribution in [0.15, 0.2) is 29.8 Å². The normalized spacial score (nSPS) is 15.8. The molecule has 1 fully saturated rings. The second-order valence-corrected chi connectivity index (χ2v) is 7.23. The van der Waals surface area contributed by atoms with Crippen LogP contribution in [0.4, 0.5) is 18.0 Å². The molecule has 2 amide bonds. The van der Waals surface area contributed by atoms with Crippen LogP contribution in [0.3, 0.4) is 0 Å². The third-order valence-electron chi connectivity index (χ3n) is 4.57. The van der Waals surface area contributed by atoms with E-state index in [9.17, 15) is 22.8 Å². The summed E-state index contributed by atoms with van der Waals surface area (Å²) in [6.07, 6.45) is -4.39. The summed E-state index contributed by atoms with van der Waals surface area (Å²) in [6, 6.07) is 4.07. The maximum absolute atomic E-state index is 12.9. The zero-order valence-electron chi connectivity index (χ0n) is 15.0. The number of thiazole rings is 1. The SMILES string of the molecule is Cc1ncsc1C(COC=O)N1CCN(Cc2ccc(C(F)(F)F)cc2)C1=O. The Hall–Kier alpha value is -2.62. The van der Waals surface area contributed by atoms with Gasteiger partial charge in [-0.15, -0.1) is 11.3 Å². The molecular weight excluding hydrogens is 395 g/mol. The maximum atomic E-state index is 12.9. The Labute approximate surface area is 163 Å². The molecular formula is C18H18F3N3O3S. The van der Waals surface area contributed by atoms with Gasteiger partial charge in [-0.2, -0.15) is 13.2 Å². The van der Waals surface area contributed by atoms with Crippen molar-refractivity contribution >= 4 is 23.8 Å². The number of alkyl halides is 3. The van der Waals surface area contributed by atoms with Gasteiger partial charge in [-0.25, -0.2) is 9.78 Å². The summed E-state index contributed by atoms with van der Waals surface area (Å²) < 4.78 is 43.0. The first-order valence-electron chi connectivity index (χ1n) is 8.48. The summed E-state index contributed by atoms with van der Waals surface area (Å²) in [5.41, 5.74) is 2.31. The van der Waals surface area contributed by atoms with Crippen molar-refractivity contribution in [1.29, 1.82) is 0 Å². The number of rotatable bonds is 7. The van der Waals surface area contributed by atoms with Gasteiger partial charge in [0.05, 0.1) is 21.6 Å². The molecule has 0 bridgehead atoms. The van der Waals surface area contributed by atoms with Crippen molar-refractivity contribution in [3.05, 3.63) is 51.5 Å². The van der Waals surface area contributed by atoms with Crippen LogP contribution in [0, 0.1) is 6.92 Å². The van der Waals surface area contributed by atoms with E-state index < -0.39 is 17.8 Å². The Morgan fingerprint density at radius 3 is 2.57 bits per heavy atom. The van der Waals surface area contributed by atoms with E-state index in [1.54, 1.807) is 15.3 Å². The molecule has 1 atom stereocenters. The molecule has 2 aromatic rings. The van der Waals surface area contributed by atoms with Gasteiger partial charge in [0.15, 0.2) is 0 Å². The van der Waals surface area contributed by atoms with Crippen molar-refractivity contribution in [2.75, 3.05) is 19.7 Å². The van der Waals surface area contributed by atoms with Crippen LogP contribution in [0.2, 0.25) is 0 Å². The van der Waals surface area contributed by atoms with E-state index in [1.807, 2.05) is 6.92 Å². The predicted octanol–water partition coefficient (Wildman–Crippen LogP) is 3.62. The molecule has 3 rings (SSSR count). The first-order valence-corrected chi connectivity index (χ1v) is 9.36. The van der Waals surface area contributed by atoms with Crippen molar-refractivity contribution in [3.8, 4) is 0 Å². The minimum Gasteiger partial charge on any atom is -0.465 e. The molecule has 1 unspecified atom stereocenters. The van der Waals surface area contributed by atoms with Gasteiger partial charge in [0.2, 0.25) is 0 Å². The summed E-state index contributed by atoms with van der Waals surface area (Å²) >= 11 is 1.38. The van der Waals surface area contributed by atoms with Crippen molar-refractivity contribution < 1.29 is 27.5 Å². The van der Waals surface area contributed by atoms with Gasteiger partial charge >= 0.3 is 12.2 Å². The molecule has 28 heavy (non-hydrogen) atoms. The van der Waals surface area contributed by atoms with E-state index in [0.29, 0.717) is 25.1 Å². The summed E-state index contributed by atoms with van der Waals surface area (Å²) in [5, 5.41) is 0. The number of hydrogen-bond donors (Lipinski definition) is 0. The first-order chi connectivity index (χ1) is 13.3. The Balaban J connectivity index is 1.72. The molecule has 1 aromatic heterocycles. The van der Waals surface area contributed by atoms with Gasteiger partial charge in [0.25, 0.3) is 6.47 Å². The number of hydrogen-bond acceptors (Lipinski definition) is 5. The van der Waals surface area contributed by atoms with Gasteiger partial charge in [0, 0.05) is 19.6 Å². The summed E-state index contributed by atoms with van der Waals surface area (Å²) in [5.74, 6) is 0. The highest BCUT2D eigenvalue weighted by Gasteiger charge is 2.36. The molecule has 2 heterocycles. The number of carbonyl (C=O) groups is 2. The zero-order valence-corrected chi connectivity index (χ0v) is 15.8. The summed E-state index contributed by atoms with van der Waals surface area (Å²) in [6.45, 7) is 3.23. The van der Waals surface area contributed by atoms with Crippen molar-refractivity contribution in [3.63, 3.8) is 0 Å². The number of halogens is 3. The van der Waals surface area contributed by atoms with Crippen LogP contribution in [0.5, 0.6) is 0 Å². The molecule has 150 valence electrons. The molecule has 0 radical (unpaired) electrons. The van der Waals surface area contributed by atoms with Gasteiger partial charge in [0.1, 0.15) is 12.6 Å². The largest absolute Gasteiger partial charge is 0.465 e. The van der Waals surface area contributed by atoms with Gasteiger partial charge in [-0.05, 0) is 24.6 Å². The number of aryl methyl sites for hydroxylation is 1. The highest BCUT2D eigenvalue weighted by molar-refractivity contribution is 7.09. The average Bonchev–Trinajstić information content (AvgIpc) is 3.23. The van der Waals surface area contributed by atoms with E-state index in [2.05, 4.69) is 4.98 Å². The van der Waals surface area contributed by atoms with Crippen molar-refractivity contribution in [1.82, 2.24) is 14.8 Å². The molecule has 0 spiro atoms. The molecule has 10 heteroatoms. The Bertz CT molecular complexity index is 839. The fourth-order valence-corrected chi connectivity index (χ4v) is 4.03. The minimum atomic E-state index is -4.39. The molecule has 1 aliphatic heterocycles. The molecule has 0 aliphatic carbocycles. The van der Waals surface area contributed by atoms with E-state index in [4.69, 9.17) is 4.74 Å². The smallest absolute Gasteiger partial charge is 0.416 e. The first kappa shape index (κ1) is 20.1.